The fraction of sp³-hybridized carbons (Fsp3) is 0.647. The first-order valence-electron chi connectivity index (χ1n) is 7.81. The summed E-state index contributed by atoms with van der Waals surface area (Å²) in [5.41, 5.74) is 8.96. The lowest BCUT2D eigenvalue weighted by Gasteiger charge is -2.30. The number of anilines is 1. The van der Waals surface area contributed by atoms with Crippen LogP contribution < -0.4 is 10.6 Å². The van der Waals surface area contributed by atoms with E-state index in [0.29, 0.717) is 5.92 Å². The standard InChI is InChI=1S/C17H27BrN2/c1-4-15(19)9-13-5-6-14(18)10-17(13)20(11-12(2)3)16-7-8-16/h5-6,10,12,15-16H,4,7-9,11,19H2,1-3H3. The number of nitrogens with zero attached hydrogens (tertiary/aromatic N) is 1. The second kappa shape index (κ2) is 6.95. The van der Waals surface area contributed by atoms with Crippen molar-refractivity contribution in [3.05, 3.63) is 28.2 Å². The molecule has 2 nitrogen and oxygen atoms in total. The summed E-state index contributed by atoms with van der Waals surface area (Å²) in [6.45, 7) is 7.89. The minimum Gasteiger partial charge on any atom is -0.368 e. The van der Waals surface area contributed by atoms with E-state index in [0.717, 1.165) is 29.9 Å². The summed E-state index contributed by atoms with van der Waals surface area (Å²) in [7, 11) is 0. The highest BCUT2D eigenvalue weighted by Crippen LogP contribution is 2.36. The first-order chi connectivity index (χ1) is 9.51. The van der Waals surface area contributed by atoms with Gasteiger partial charge in [-0.15, -0.1) is 0 Å². The van der Waals surface area contributed by atoms with Gasteiger partial charge in [-0.25, -0.2) is 0 Å². The number of halogens is 1. The molecule has 1 aliphatic carbocycles. The molecule has 2 rings (SSSR count). The third-order valence-electron chi connectivity index (χ3n) is 3.91. The Morgan fingerprint density at radius 3 is 2.60 bits per heavy atom. The predicted octanol–water partition coefficient (Wildman–Crippen LogP) is 4.35. The normalized spacial score (nSPS) is 16.5. The molecule has 0 saturated heterocycles. The highest BCUT2D eigenvalue weighted by atomic mass is 79.9. The molecule has 1 aliphatic rings. The van der Waals surface area contributed by atoms with Crippen LogP contribution in [0, 0.1) is 5.92 Å². The molecular weight excluding hydrogens is 312 g/mol. The van der Waals surface area contributed by atoms with Gasteiger partial charge in [0.05, 0.1) is 0 Å². The molecule has 1 aromatic rings. The maximum Gasteiger partial charge on any atom is 0.0413 e. The van der Waals surface area contributed by atoms with Crippen molar-refractivity contribution in [2.24, 2.45) is 11.7 Å². The molecule has 0 amide bonds. The molecule has 1 unspecified atom stereocenters. The lowest BCUT2D eigenvalue weighted by atomic mass is 10.0. The number of rotatable bonds is 7. The Morgan fingerprint density at radius 2 is 2.05 bits per heavy atom. The van der Waals surface area contributed by atoms with E-state index in [1.807, 2.05) is 0 Å². The van der Waals surface area contributed by atoms with Crippen LogP contribution in [0.1, 0.15) is 45.6 Å². The molecular formula is C17H27BrN2. The van der Waals surface area contributed by atoms with Crippen molar-refractivity contribution in [1.82, 2.24) is 0 Å². The van der Waals surface area contributed by atoms with E-state index in [9.17, 15) is 0 Å². The number of nitrogens with two attached hydrogens (primary N) is 1. The van der Waals surface area contributed by atoms with E-state index < -0.39 is 0 Å². The molecule has 1 atom stereocenters. The summed E-state index contributed by atoms with van der Waals surface area (Å²) < 4.78 is 1.16. The van der Waals surface area contributed by atoms with Crippen LogP contribution in [0.2, 0.25) is 0 Å². The smallest absolute Gasteiger partial charge is 0.0413 e. The van der Waals surface area contributed by atoms with Crippen molar-refractivity contribution in [2.75, 3.05) is 11.4 Å². The molecule has 2 N–H and O–H groups in total. The van der Waals surface area contributed by atoms with Crippen LogP contribution >= 0.6 is 15.9 Å². The Hall–Kier alpha value is -0.540. The molecule has 0 radical (unpaired) electrons. The second-order valence-corrected chi connectivity index (χ2v) is 7.34. The summed E-state index contributed by atoms with van der Waals surface area (Å²) in [5.74, 6) is 0.683. The Kier molecular flexibility index (Phi) is 5.50. The van der Waals surface area contributed by atoms with Gasteiger partial charge in [0.15, 0.2) is 0 Å². The summed E-state index contributed by atoms with van der Waals surface area (Å²) in [4.78, 5) is 2.60. The van der Waals surface area contributed by atoms with Gasteiger partial charge in [0.25, 0.3) is 0 Å². The average molecular weight is 339 g/mol. The highest BCUT2D eigenvalue weighted by Gasteiger charge is 2.30. The third kappa shape index (κ3) is 4.23. The SMILES string of the molecule is CCC(N)Cc1ccc(Br)cc1N(CC(C)C)C1CC1. The van der Waals surface area contributed by atoms with E-state index in [4.69, 9.17) is 5.73 Å². The van der Waals surface area contributed by atoms with Crippen molar-refractivity contribution in [2.45, 2.75) is 58.5 Å². The van der Waals surface area contributed by atoms with Crippen molar-refractivity contribution in [1.29, 1.82) is 0 Å². The highest BCUT2D eigenvalue weighted by molar-refractivity contribution is 9.10. The Balaban J connectivity index is 2.28. The van der Waals surface area contributed by atoms with Crippen LogP contribution in [0.3, 0.4) is 0 Å². The van der Waals surface area contributed by atoms with E-state index in [1.54, 1.807) is 0 Å². The molecule has 1 fully saturated rings. The Labute approximate surface area is 131 Å². The first kappa shape index (κ1) is 15.8. The van der Waals surface area contributed by atoms with Crippen molar-refractivity contribution >= 4 is 21.6 Å². The van der Waals surface area contributed by atoms with Crippen LogP contribution in [0.4, 0.5) is 5.69 Å². The van der Waals surface area contributed by atoms with Gasteiger partial charge < -0.3 is 10.6 Å². The fourth-order valence-electron chi connectivity index (χ4n) is 2.63. The van der Waals surface area contributed by atoms with Gasteiger partial charge in [0, 0.05) is 28.8 Å². The van der Waals surface area contributed by atoms with Gasteiger partial charge in [-0.2, -0.15) is 0 Å². The Morgan fingerprint density at radius 1 is 1.35 bits per heavy atom. The number of hydrogen-bond acceptors (Lipinski definition) is 2. The molecule has 20 heavy (non-hydrogen) atoms. The summed E-state index contributed by atoms with van der Waals surface area (Å²) in [6.07, 6.45) is 4.67. The first-order valence-corrected chi connectivity index (χ1v) is 8.61. The molecule has 112 valence electrons. The molecule has 1 saturated carbocycles. The van der Waals surface area contributed by atoms with Gasteiger partial charge in [0.1, 0.15) is 0 Å². The zero-order chi connectivity index (χ0) is 14.7. The monoisotopic (exact) mass is 338 g/mol. The second-order valence-electron chi connectivity index (χ2n) is 6.42. The van der Waals surface area contributed by atoms with Crippen LogP contribution in [0.15, 0.2) is 22.7 Å². The lowest BCUT2D eigenvalue weighted by Crippen LogP contribution is -2.31. The summed E-state index contributed by atoms with van der Waals surface area (Å²) >= 11 is 3.63. The minimum atomic E-state index is 0.259. The van der Waals surface area contributed by atoms with Gasteiger partial charge in [-0.05, 0) is 49.3 Å². The van der Waals surface area contributed by atoms with E-state index in [-0.39, 0.29) is 6.04 Å². The maximum atomic E-state index is 6.17. The van der Waals surface area contributed by atoms with Crippen LogP contribution in [-0.2, 0) is 6.42 Å². The number of benzene rings is 1. The molecule has 0 heterocycles. The quantitative estimate of drug-likeness (QED) is 0.800. The summed E-state index contributed by atoms with van der Waals surface area (Å²) in [6, 6.07) is 7.66. The largest absolute Gasteiger partial charge is 0.368 e. The summed E-state index contributed by atoms with van der Waals surface area (Å²) in [5, 5.41) is 0. The predicted molar refractivity (Wildman–Crippen MR) is 91.3 cm³/mol. The van der Waals surface area contributed by atoms with Crippen molar-refractivity contribution in [3.8, 4) is 0 Å². The minimum absolute atomic E-state index is 0.259. The van der Waals surface area contributed by atoms with Gasteiger partial charge in [-0.1, -0.05) is 42.8 Å². The van der Waals surface area contributed by atoms with Crippen LogP contribution in [0.5, 0.6) is 0 Å². The van der Waals surface area contributed by atoms with Gasteiger partial charge >= 0.3 is 0 Å². The van der Waals surface area contributed by atoms with E-state index in [2.05, 4.69) is 59.8 Å². The maximum absolute atomic E-state index is 6.17. The molecule has 3 heteroatoms. The molecule has 0 aliphatic heterocycles. The molecule has 0 aromatic heterocycles. The van der Waals surface area contributed by atoms with E-state index in [1.165, 1.54) is 24.1 Å². The van der Waals surface area contributed by atoms with Crippen molar-refractivity contribution in [3.63, 3.8) is 0 Å². The van der Waals surface area contributed by atoms with Gasteiger partial charge in [-0.3, -0.25) is 0 Å². The molecule has 1 aromatic carbocycles. The third-order valence-corrected chi connectivity index (χ3v) is 4.41. The van der Waals surface area contributed by atoms with Crippen LogP contribution in [-0.4, -0.2) is 18.6 Å². The fourth-order valence-corrected chi connectivity index (χ4v) is 2.98. The number of hydrogen-bond donors (Lipinski definition) is 1. The van der Waals surface area contributed by atoms with Crippen LogP contribution in [0.25, 0.3) is 0 Å². The lowest BCUT2D eigenvalue weighted by molar-refractivity contribution is 0.600. The Bertz CT molecular complexity index is 441. The zero-order valence-corrected chi connectivity index (χ0v) is 14.5. The average Bonchev–Trinajstić information content (AvgIpc) is 3.22. The van der Waals surface area contributed by atoms with E-state index >= 15 is 0 Å². The molecule has 0 spiro atoms. The van der Waals surface area contributed by atoms with Gasteiger partial charge in [0.2, 0.25) is 0 Å². The van der Waals surface area contributed by atoms with Crippen molar-refractivity contribution < 1.29 is 0 Å². The molecule has 0 bridgehead atoms. The topological polar surface area (TPSA) is 29.3 Å². The zero-order valence-electron chi connectivity index (χ0n) is 12.9.